The number of aromatic nitrogens is 1. The van der Waals surface area contributed by atoms with Gasteiger partial charge in [-0.15, -0.1) is 0 Å². The van der Waals surface area contributed by atoms with Crippen molar-refractivity contribution in [3.05, 3.63) is 47.2 Å². The minimum absolute atomic E-state index is 0.375. The van der Waals surface area contributed by atoms with Gasteiger partial charge in [0.15, 0.2) is 0 Å². The number of benzene rings is 2. The van der Waals surface area contributed by atoms with E-state index < -0.39 is 0 Å². The predicted molar refractivity (Wildman–Crippen MR) is 95.2 cm³/mol. The molecule has 0 saturated carbocycles. The van der Waals surface area contributed by atoms with Gasteiger partial charge in [0.25, 0.3) is 0 Å². The molecule has 5 heteroatoms. The maximum absolute atomic E-state index is 10.9. The van der Waals surface area contributed by atoms with E-state index in [1.807, 2.05) is 37.3 Å². The lowest BCUT2D eigenvalue weighted by Gasteiger charge is -2.14. The zero-order chi connectivity index (χ0) is 16.6. The van der Waals surface area contributed by atoms with Gasteiger partial charge in [0.05, 0.1) is 11.2 Å². The molecular formula is C18H20N4O. The minimum Gasteiger partial charge on any atom is -0.398 e. The highest BCUT2D eigenvalue weighted by Crippen LogP contribution is 2.38. The van der Waals surface area contributed by atoms with Gasteiger partial charge in [-0.25, -0.2) is 0 Å². The molecule has 3 aromatic rings. The van der Waals surface area contributed by atoms with Crippen molar-refractivity contribution in [3.63, 3.8) is 0 Å². The van der Waals surface area contributed by atoms with E-state index >= 15 is 0 Å². The monoisotopic (exact) mass is 308 g/mol. The molecule has 0 aliphatic heterocycles. The summed E-state index contributed by atoms with van der Waals surface area (Å²) in [6.45, 7) is 4.46. The lowest BCUT2D eigenvalue weighted by Crippen LogP contribution is -2.04. The summed E-state index contributed by atoms with van der Waals surface area (Å²) in [6.07, 6.45) is 0.686. The molecule has 0 unspecified atom stereocenters. The number of hydrogen-bond acceptors (Lipinski definition) is 3. The van der Waals surface area contributed by atoms with Crippen molar-refractivity contribution in [3.8, 4) is 11.1 Å². The molecule has 0 saturated heterocycles. The Balaban J connectivity index is 2.38. The van der Waals surface area contributed by atoms with Gasteiger partial charge in [-0.2, -0.15) is 0 Å². The van der Waals surface area contributed by atoms with Gasteiger partial charge < -0.3 is 21.8 Å². The number of carbonyl (C=O) groups excluding carboxylic acids is 1. The number of aryl methyl sites for hydroxylation is 2. The zero-order valence-electron chi connectivity index (χ0n) is 13.2. The van der Waals surface area contributed by atoms with Crippen LogP contribution in [-0.4, -0.2) is 11.4 Å². The molecule has 0 radical (unpaired) electrons. The average Bonchev–Trinajstić information content (AvgIpc) is 2.84. The van der Waals surface area contributed by atoms with E-state index in [1.54, 1.807) is 0 Å². The van der Waals surface area contributed by atoms with Crippen LogP contribution in [0.3, 0.4) is 0 Å². The van der Waals surface area contributed by atoms with Crippen LogP contribution in [0.5, 0.6) is 0 Å². The summed E-state index contributed by atoms with van der Waals surface area (Å²) in [5, 5.41) is 3.83. The van der Waals surface area contributed by atoms with Crippen LogP contribution in [0.4, 0.5) is 11.4 Å². The second-order valence-electron chi connectivity index (χ2n) is 5.63. The van der Waals surface area contributed by atoms with Gasteiger partial charge >= 0.3 is 0 Å². The Labute approximate surface area is 134 Å². The Morgan fingerprint density at radius 1 is 1.17 bits per heavy atom. The highest BCUT2D eigenvalue weighted by Gasteiger charge is 2.16. The largest absolute Gasteiger partial charge is 0.398 e. The van der Waals surface area contributed by atoms with Crippen LogP contribution in [-0.2, 0) is 11.3 Å². The zero-order valence-corrected chi connectivity index (χ0v) is 13.2. The summed E-state index contributed by atoms with van der Waals surface area (Å²) in [4.78, 5) is 14.2. The average molecular weight is 308 g/mol. The van der Waals surface area contributed by atoms with Gasteiger partial charge in [-0.1, -0.05) is 18.2 Å². The second-order valence-corrected chi connectivity index (χ2v) is 5.63. The minimum atomic E-state index is 0.375. The molecule has 1 amide bonds. The number of nitrogens with two attached hydrogens (primary N) is 2. The van der Waals surface area contributed by atoms with E-state index in [0.717, 1.165) is 44.5 Å². The Morgan fingerprint density at radius 2 is 1.96 bits per heavy atom. The van der Waals surface area contributed by atoms with Gasteiger partial charge in [-0.3, -0.25) is 4.79 Å². The number of nitrogens with one attached hydrogen (secondary N) is 2. The van der Waals surface area contributed by atoms with Crippen molar-refractivity contribution in [2.75, 3.05) is 11.1 Å². The van der Waals surface area contributed by atoms with E-state index in [4.69, 9.17) is 11.5 Å². The fraction of sp³-hybridized carbons (Fsp3) is 0.167. The lowest BCUT2D eigenvalue weighted by molar-refractivity contribution is -0.105. The van der Waals surface area contributed by atoms with Gasteiger partial charge in [0, 0.05) is 23.3 Å². The smallest absolute Gasteiger partial charge is 0.211 e. The number of amides is 1. The SMILES string of the molecule is Cc1[nH]c2c(NC=O)ccc(-c3cccc(N)c3CN)c2c1C. The Hall–Kier alpha value is -2.79. The van der Waals surface area contributed by atoms with Gasteiger partial charge in [0.1, 0.15) is 0 Å². The number of rotatable bonds is 4. The number of H-pyrrole nitrogens is 1. The van der Waals surface area contributed by atoms with Crippen LogP contribution in [0.25, 0.3) is 22.0 Å². The first-order chi connectivity index (χ1) is 11.1. The van der Waals surface area contributed by atoms with Gasteiger partial charge in [-0.05, 0) is 48.2 Å². The molecule has 118 valence electrons. The Kier molecular flexibility index (Phi) is 3.80. The highest BCUT2D eigenvalue weighted by atomic mass is 16.1. The van der Waals surface area contributed by atoms with E-state index in [-0.39, 0.29) is 0 Å². The number of aromatic amines is 1. The maximum Gasteiger partial charge on any atom is 0.211 e. The van der Waals surface area contributed by atoms with Gasteiger partial charge in [0.2, 0.25) is 6.41 Å². The van der Waals surface area contributed by atoms with E-state index in [2.05, 4.69) is 17.2 Å². The quantitative estimate of drug-likeness (QED) is 0.440. The fourth-order valence-corrected chi connectivity index (χ4v) is 3.08. The van der Waals surface area contributed by atoms with Crippen molar-refractivity contribution >= 4 is 28.7 Å². The Bertz CT molecular complexity index is 896. The first kappa shape index (κ1) is 15.1. The fourth-order valence-electron chi connectivity index (χ4n) is 3.08. The van der Waals surface area contributed by atoms with E-state index in [1.165, 1.54) is 0 Å². The number of hydrogen-bond donors (Lipinski definition) is 4. The first-order valence-corrected chi connectivity index (χ1v) is 7.48. The van der Waals surface area contributed by atoms with Crippen molar-refractivity contribution in [1.82, 2.24) is 4.98 Å². The Morgan fingerprint density at radius 3 is 2.65 bits per heavy atom. The van der Waals surface area contributed by atoms with Crippen molar-refractivity contribution < 1.29 is 4.79 Å². The second kappa shape index (κ2) is 5.78. The number of carbonyl (C=O) groups is 1. The summed E-state index contributed by atoms with van der Waals surface area (Å²) >= 11 is 0. The number of anilines is 2. The summed E-state index contributed by atoms with van der Waals surface area (Å²) in [5.74, 6) is 0. The van der Waals surface area contributed by atoms with Crippen molar-refractivity contribution in [1.29, 1.82) is 0 Å². The van der Waals surface area contributed by atoms with Crippen LogP contribution in [0.15, 0.2) is 30.3 Å². The third-order valence-corrected chi connectivity index (χ3v) is 4.38. The standard InChI is InChI=1S/C18H20N4O/c1-10-11(2)22-18-16(21-9-23)7-6-13(17(10)18)12-4-3-5-15(20)14(12)8-19/h3-7,9,22H,8,19-20H2,1-2H3,(H,21,23). The van der Waals surface area contributed by atoms with Crippen LogP contribution in [0.2, 0.25) is 0 Å². The van der Waals surface area contributed by atoms with Crippen LogP contribution in [0.1, 0.15) is 16.8 Å². The molecule has 5 nitrogen and oxygen atoms in total. The molecule has 0 aliphatic rings. The third-order valence-electron chi connectivity index (χ3n) is 4.38. The van der Waals surface area contributed by atoms with E-state index in [9.17, 15) is 4.79 Å². The molecule has 23 heavy (non-hydrogen) atoms. The normalized spacial score (nSPS) is 10.9. The van der Waals surface area contributed by atoms with Crippen LogP contribution < -0.4 is 16.8 Å². The number of nitrogen functional groups attached to an aromatic ring is 1. The summed E-state index contributed by atoms with van der Waals surface area (Å²) in [7, 11) is 0. The first-order valence-electron chi connectivity index (χ1n) is 7.48. The molecule has 0 spiro atoms. The molecule has 1 heterocycles. The summed E-state index contributed by atoms with van der Waals surface area (Å²) < 4.78 is 0. The number of fused-ring (bicyclic) bond motifs is 1. The summed E-state index contributed by atoms with van der Waals surface area (Å²) in [5.41, 5.74) is 19.6. The lowest BCUT2D eigenvalue weighted by atomic mass is 9.93. The molecule has 3 rings (SSSR count). The van der Waals surface area contributed by atoms with Crippen LogP contribution in [0, 0.1) is 13.8 Å². The molecule has 0 bridgehead atoms. The molecule has 1 aromatic heterocycles. The predicted octanol–water partition coefficient (Wildman–Crippen LogP) is 3.06. The molecular weight excluding hydrogens is 288 g/mol. The molecule has 0 fully saturated rings. The molecule has 6 N–H and O–H groups in total. The highest BCUT2D eigenvalue weighted by molar-refractivity contribution is 6.06. The van der Waals surface area contributed by atoms with Crippen LogP contribution >= 0.6 is 0 Å². The van der Waals surface area contributed by atoms with Crippen molar-refractivity contribution in [2.24, 2.45) is 5.73 Å². The topological polar surface area (TPSA) is 96.9 Å². The summed E-state index contributed by atoms with van der Waals surface area (Å²) in [6, 6.07) is 9.72. The van der Waals surface area contributed by atoms with E-state index in [0.29, 0.717) is 18.6 Å². The molecule has 2 aromatic carbocycles. The van der Waals surface area contributed by atoms with Crippen molar-refractivity contribution in [2.45, 2.75) is 20.4 Å². The third kappa shape index (κ3) is 2.35. The molecule has 0 aliphatic carbocycles. The maximum atomic E-state index is 10.9. The molecule has 0 atom stereocenters.